The van der Waals surface area contributed by atoms with Crippen molar-refractivity contribution in [2.75, 3.05) is 6.61 Å². The molecule has 0 saturated heterocycles. The summed E-state index contributed by atoms with van der Waals surface area (Å²) in [5, 5.41) is 35.3. The van der Waals surface area contributed by atoms with Gasteiger partial charge >= 0.3 is 5.97 Å². The first-order valence-electron chi connectivity index (χ1n) is 4.25. The summed E-state index contributed by atoms with van der Waals surface area (Å²) in [5.74, 6) is -1.94. The van der Waals surface area contributed by atoms with E-state index < -0.39 is 30.4 Å². The number of carbonyl (C=O) groups is 1. The van der Waals surface area contributed by atoms with Gasteiger partial charge in [-0.15, -0.1) is 0 Å². The van der Waals surface area contributed by atoms with Gasteiger partial charge in [-0.1, -0.05) is 6.92 Å². The van der Waals surface area contributed by atoms with Crippen LogP contribution in [-0.4, -0.2) is 51.5 Å². The van der Waals surface area contributed by atoms with Gasteiger partial charge in [0.2, 0.25) is 0 Å². The van der Waals surface area contributed by atoms with E-state index in [9.17, 15) is 4.79 Å². The largest absolute Gasteiger partial charge is 0.479 e. The molecule has 0 aliphatic heterocycles. The molecule has 0 aliphatic rings. The fourth-order valence-electron chi connectivity index (χ4n) is 0.795. The molecule has 0 heterocycles. The fourth-order valence-corrected chi connectivity index (χ4v) is 0.795. The van der Waals surface area contributed by atoms with Gasteiger partial charge in [0.1, 0.15) is 6.10 Å². The first-order valence-corrected chi connectivity index (χ1v) is 4.25. The minimum atomic E-state index is -1.56. The van der Waals surface area contributed by atoms with E-state index in [1.54, 1.807) is 0 Å². The molecule has 0 aromatic rings. The number of rotatable bonds is 6. The molecule has 0 fully saturated rings. The third-order valence-electron chi connectivity index (χ3n) is 1.75. The molecular formula is C8H16O6. The zero-order valence-electron chi connectivity index (χ0n) is 8.12. The predicted octanol–water partition coefficient (Wildman–Crippen LogP) is -1.22. The van der Waals surface area contributed by atoms with Crippen LogP contribution in [-0.2, 0) is 9.53 Å². The molecule has 6 nitrogen and oxygen atoms in total. The van der Waals surface area contributed by atoms with Crippen LogP contribution >= 0.6 is 0 Å². The lowest BCUT2D eigenvalue weighted by molar-refractivity contribution is -0.207. The summed E-state index contributed by atoms with van der Waals surface area (Å²) in [6.07, 6.45) is -4.07. The van der Waals surface area contributed by atoms with Gasteiger partial charge in [0.25, 0.3) is 0 Å². The lowest BCUT2D eigenvalue weighted by atomic mass is 10.1. The molecule has 0 rings (SSSR count). The summed E-state index contributed by atoms with van der Waals surface area (Å²) in [5.41, 5.74) is 0. The zero-order valence-corrected chi connectivity index (χ0v) is 8.12. The zero-order chi connectivity index (χ0) is 11.3. The Hall–Kier alpha value is -0.690. The van der Waals surface area contributed by atoms with Crippen LogP contribution in [0.4, 0.5) is 0 Å². The Labute approximate surface area is 81.7 Å². The number of carboxylic acids is 1. The highest BCUT2D eigenvalue weighted by atomic mass is 16.6. The van der Waals surface area contributed by atoms with Gasteiger partial charge in [0.05, 0.1) is 0 Å². The van der Waals surface area contributed by atoms with Crippen molar-refractivity contribution in [3.8, 4) is 0 Å². The molecular weight excluding hydrogens is 192 g/mol. The maximum atomic E-state index is 10.6. The molecule has 0 aromatic heterocycles. The number of aliphatic carboxylic acids is 1. The molecule has 0 aliphatic carbocycles. The highest BCUT2D eigenvalue weighted by molar-refractivity contribution is 5.72. The van der Waals surface area contributed by atoms with Crippen molar-refractivity contribution in [2.24, 2.45) is 5.92 Å². The average molecular weight is 208 g/mol. The lowest BCUT2D eigenvalue weighted by Crippen LogP contribution is -2.39. The SMILES string of the molecule is C[C@H](O)[C@H](O)OC(C(=O)O)[C@@H](C)CO. The highest BCUT2D eigenvalue weighted by Crippen LogP contribution is 2.10. The van der Waals surface area contributed by atoms with Crippen LogP contribution in [0.1, 0.15) is 13.8 Å². The van der Waals surface area contributed by atoms with Gasteiger partial charge in [0.15, 0.2) is 12.4 Å². The van der Waals surface area contributed by atoms with Crippen molar-refractivity contribution in [2.45, 2.75) is 32.3 Å². The quantitative estimate of drug-likeness (QED) is 0.408. The first kappa shape index (κ1) is 13.3. The molecule has 0 saturated carbocycles. The van der Waals surface area contributed by atoms with E-state index in [1.165, 1.54) is 13.8 Å². The molecule has 4 atom stereocenters. The fraction of sp³-hybridized carbons (Fsp3) is 0.875. The van der Waals surface area contributed by atoms with Gasteiger partial charge in [-0.05, 0) is 6.92 Å². The second-order valence-corrected chi connectivity index (χ2v) is 3.19. The topological polar surface area (TPSA) is 107 Å². The molecule has 6 heteroatoms. The molecule has 0 aromatic carbocycles. The maximum absolute atomic E-state index is 10.6. The van der Waals surface area contributed by atoms with Gasteiger partial charge in [-0.3, -0.25) is 0 Å². The van der Waals surface area contributed by atoms with Crippen molar-refractivity contribution >= 4 is 5.97 Å². The van der Waals surface area contributed by atoms with Crippen molar-refractivity contribution in [3.05, 3.63) is 0 Å². The van der Waals surface area contributed by atoms with E-state index in [0.717, 1.165) is 0 Å². The van der Waals surface area contributed by atoms with Crippen LogP contribution in [0.5, 0.6) is 0 Å². The standard InChI is InChI=1S/C8H16O6/c1-4(3-9)6(7(11)12)14-8(13)5(2)10/h4-6,8-10,13H,3H2,1-2H3,(H,11,12)/t4-,5-,6?,8+/m0/s1. The summed E-state index contributed by atoms with van der Waals surface area (Å²) in [7, 11) is 0. The molecule has 0 spiro atoms. The second kappa shape index (κ2) is 5.92. The number of hydrogen-bond donors (Lipinski definition) is 4. The van der Waals surface area contributed by atoms with Crippen LogP contribution in [0, 0.1) is 5.92 Å². The van der Waals surface area contributed by atoms with Crippen LogP contribution in [0.15, 0.2) is 0 Å². The monoisotopic (exact) mass is 208 g/mol. The Morgan fingerprint density at radius 1 is 1.36 bits per heavy atom. The highest BCUT2D eigenvalue weighted by Gasteiger charge is 2.29. The van der Waals surface area contributed by atoms with Gasteiger partial charge < -0.3 is 25.2 Å². The molecule has 0 bridgehead atoms. The third-order valence-corrected chi connectivity index (χ3v) is 1.75. The number of hydrogen-bond acceptors (Lipinski definition) is 5. The summed E-state index contributed by atoms with van der Waals surface area (Å²) in [6.45, 7) is 2.37. The van der Waals surface area contributed by atoms with E-state index >= 15 is 0 Å². The Morgan fingerprint density at radius 3 is 2.14 bits per heavy atom. The Morgan fingerprint density at radius 2 is 1.86 bits per heavy atom. The molecule has 1 unspecified atom stereocenters. The predicted molar refractivity (Wildman–Crippen MR) is 46.4 cm³/mol. The van der Waals surface area contributed by atoms with E-state index in [2.05, 4.69) is 4.74 Å². The van der Waals surface area contributed by atoms with Crippen molar-refractivity contribution in [1.82, 2.24) is 0 Å². The van der Waals surface area contributed by atoms with Gasteiger partial charge in [-0.25, -0.2) is 4.79 Å². The van der Waals surface area contributed by atoms with Crippen LogP contribution < -0.4 is 0 Å². The van der Waals surface area contributed by atoms with E-state index in [1.807, 2.05) is 0 Å². The Balaban J connectivity index is 4.30. The Bertz CT molecular complexity index is 181. The minimum absolute atomic E-state index is 0.372. The third kappa shape index (κ3) is 4.01. The number of carboxylic acid groups (broad SMARTS) is 1. The summed E-state index contributed by atoms with van der Waals surface area (Å²) < 4.78 is 4.67. The molecule has 4 N–H and O–H groups in total. The molecule has 0 radical (unpaired) electrons. The van der Waals surface area contributed by atoms with Crippen molar-refractivity contribution in [3.63, 3.8) is 0 Å². The normalized spacial score (nSPS) is 19.8. The molecule has 0 amide bonds. The van der Waals surface area contributed by atoms with Crippen LogP contribution in [0.3, 0.4) is 0 Å². The number of aliphatic hydroxyl groups is 3. The lowest BCUT2D eigenvalue weighted by Gasteiger charge is -2.23. The van der Waals surface area contributed by atoms with Crippen LogP contribution in [0.25, 0.3) is 0 Å². The first-order chi connectivity index (χ1) is 6.40. The van der Waals surface area contributed by atoms with Crippen molar-refractivity contribution in [1.29, 1.82) is 0 Å². The van der Waals surface area contributed by atoms with Gasteiger partial charge in [-0.2, -0.15) is 0 Å². The maximum Gasteiger partial charge on any atom is 0.333 e. The Kier molecular flexibility index (Phi) is 5.63. The van der Waals surface area contributed by atoms with E-state index in [4.69, 9.17) is 20.4 Å². The smallest absolute Gasteiger partial charge is 0.333 e. The average Bonchev–Trinajstić information content (AvgIpc) is 2.11. The summed E-state index contributed by atoms with van der Waals surface area (Å²) in [4.78, 5) is 10.6. The minimum Gasteiger partial charge on any atom is -0.479 e. The van der Waals surface area contributed by atoms with Crippen molar-refractivity contribution < 1.29 is 30.0 Å². The van der Waals surface area contributed by atoms with E-state index in [0.29, 0.717) is 0 Å². The number of ether oxygens (including phenoxy) is 1. The summed E-state index contributed by atoms with van der Waals surface area (Å²) in [6, 6.07) is 0. The molecule has 14 heavy (non-hydrogen) atoms. The molecule has 84 valence electrons. The number of aliphatic hydroxyl groups excluding tert-OH is 3. The second-order valence-electron chi connectivity index (χ2n) is 3.19. The van der Waals surface area contributed by atoms with Crippen LogP contribution in [0.2, 0.25) is 0 Å². The van der Waals surface area contributed by atoms with Gasteiger partial charge in [0, 0.05) is 12.5 Å². The van der Waals surface area contributed by atoms with E-state index in [-0.39, 0.29) is 6.61 Å². The summed E-state index contributed by atoms with van der Waals surface area (Å²) >= 11 is 0.